The second-order valence-electron chi connectivity index (χ2n) is 9.74. The summed E-state index contributed by atoms with van der Waals surface area (Å²) in [6, 6.07) is 3.43. The molecule has 8 nitrogen and oxygen atoms in total. The predicted octanol–water partition coefficient (Wildman–Crippen LogP) is 4.00. The van der Waals surface area contributed by atoms with Gasteiger partial charge >= 0.3 is 12.1 Å². The Labute approximate surface area is 188 Å². The maximum atomic E-state index is 14.1. The van der Waals surface area contributed by atoms with E-state index in [1.54, 1.807) is 32.9 Å². The van der Waals surface area contributed by atoms with Crippen molar-refractivity contribution in [2.45, 2.75) is 52.1 Å². The summed E-state index contributed by atoms with van der Waals surface area (Å²) >= 11 is 0. The summed E-state index contributed by atoms with van der Waals surface area (Å²) in [6.45, 7) is 12.9. The number of benzene rings is 1. The third-order valence-electron chi connectivity index (χ3n) is 6.51. The summed E-state index contributed by atoms with van der Waals surface area (Å²) in [7, 11) is 4.22. The zero-order valence-corrected chi connectivity index (χ0v) is 20.0. The van der Waals surface area contributed by atoms with Gasteiger partial charge in [-0.1, -0.05) is 32.1 Å². The number of imide groups is 1. The number of anilines is 1. The first-order valence-corrected chi connectivity index (χ1v) is 10.4. The van der Waals surface area contributed by atoms with Crippen molar-refractivity contribution in [1.82, 2.24) is 0 Å². The van der Waals surface area contributed by atoms with Crippen molar-refractivity contribution < 1.29 is 33.3 Å². The lowest BCUT2D eigenvalue weighted by atomic mass is 9.61. The van der Waals surface area contributed by atoms with E-state index in [1.165, 1.54) is 21.3 Å². The summed E-state index contributed by atoms with van der Waals surface area (Å²) in [4.78, 5) is 41.1. The van der Waals surface area contributed by atoms with Crippen LogP contribution in [0, 0.1) is 11.3 Å². The molecule has 1 aromatic carbocycles. The average molecular weight is 446 g/mol. The lowest BCUT2D eigenvalue weighted by Crippen LogP contribution is -2.51. The summed E-state index contributed by atoms with van der Waals surface area (Å²) < 4.78 is 21.6. The first kappa shape index (κ1) is 23.6. The molecule has 0 aromatic heterocycles. The Morgan fingerprint density at radius 3 is 2.25 bits per heavy atom. The lowest BCUT2D eigenvalue weighted by molar-refractivity contribution is -0.148. The van der Waals surface area contributed by atoms with Crippen LogP contribution in [0.5, 0.6) is 11.5 Å². The molecule has 0 bridgehead atoms. The van der Waals surface area contributed by atoms with Crippen LogP contribution in [0.1, 0.15) is 46.6 Å². The monoisotopic (exact) mass is 445 g/mol. The molecule has 2 amide bonds. The van der Waals surface area contributed by atoms with Crippen molar-refractivity contribution in [3.63, 3.8) is 0 Å². The van der Waals surface area contributed by atoms with Crippen molar-refractivity contribution in [2.75, 3.05) is 26.2 Å². The van der Waals surface area contributed by atoms with Gasteiger partial charge in [0.1, 0.15) is 11.3 Å². The predicted molar refractivity (Wildman–Crippen MR) is 118 cm³/mol. The Morgan fingerprint density at radius 2 is 1.75 bits per heavy atom. The number of hydrogen-bond donors (Lipinski definition) is 0. The van der Waals surface area contributed by atoms with Crippen molar-refractivity contribution in [3.8, 4) is 11.5 Å². The van der Waals surface area contributed by atoms with E-state index < -0.39 is 40.3 Å². The molecule has 2 atom stereocenters. The normalized spacial score (nSPS) is 23.9. The molecule has 174 valence electrons. The molecule has 1 heterocycles. The molecule has 8 heteroatoms. The second kappa shape index (κ2) is 7.53. The highest BCUT2D eigenvalue weighted by atomic mass is 16.6. The fraction of sp³-hybridized carbons (Fsp3) is 0.542. The topological polar surface area (TPSA) is 91.4 Å². The number of rotatable bonds is 3. The highest BCUT2D eigenvalue weighted by molar-refractivity contribution is 6.23. The fourth-order valence-corrected chi connectivity index (χ4v) is 5.17. The first-order chi connectivity index (χ1) is 14.8. The molecule has 1 aliphatic carbocycles. The van der Waals surface area contributed by atoms with Crippen molar-refractivity contribution in [3.05, 3.63) is 29.8 Å². The minimum Gasteiger partial charge on any atom is -0.493 e. The molecule has 32 heavy (non-hydrogen) atoms. The minimum absolute atomic E-state index is 0.181. The van der Waals surface area contributed by atoms with Crippen molar-refractivity contribution in [2.24, 2.45) is 11.3 Å². The Kier molecular flexibility index (Phi) is 5.56. The van der Waals surface area contributed by atoms with Crippen LogP contribution in [-0.2, 0) is 24.5 Å². The summed E-state index contributed by atoms with van der Waals surface area (Å²) in [5, 5.41) is 0. The van der Waals surface area contributed by atoms with Crippen LogP contribution in [-0.4, -0.2) is 44.9 Å². The first-order valence-electron chi connectivity index (χ1n) is 10.4. The van der Waals surface area contributed by atoms with Crippen molar-refractivity contribution >= 4 is 23.7 Å². The second-order valence-corrected chi connectivity index (χ2v) is 9.74. The number of methoxy groups -OCH3 is 3. The van der Waals surface area contributed by atoms with E-state index in [9.17, 15) is 14.4 Å². The van der Waals surface area contributed by atoms with Gasteiger partial charge < -0.3 is 18.9 Å². The van der Waals surface area contributed by atoms with Gasteiger partial charge in [0, 0.05) is 5.41 Å². The van der Waals surface area contributed by atoms with Gasteiger partial charge in [0.15, 0.2) is 11.5 Å². The van der Waals surface area contributed by atoms with E-state index in [1.807, 2.05) is 13.8 Å². The third kappa shape index (κ3) is 3.07. The number of esters is 1. The van der Waals surface area contributed by atoms with Gasteiger partial charge in [0.25, 0.3) is 0 Å². The Hall–Kier alpha value is -3.03. The number of amides is 2. The number of fused-ring (bicyclic) bond motifs is 2. The highest BCUT2D eigenvalue weighted by Gasteiger charge is 2.69. The molecule has 0 saturated heterocycles. The van der Waals surface area contributed by atoms with Gasteiger partial charge in [-0.05, 0) is 38.8 Å². The summed E-state index contributed by atoms with van der Waals surface area (Å²) in [5.41, 5.74) is -1.63. The van der Waals surface area contributed by atoms with E-state index >= 15 is 0 Å². The smallest absolute Gasteiger partial charge is 0.421 e. The number of nitrogens with zero attached hydrogens (tertiary/aromatic N) is 1. The van der Waals surface area contributed by atoms with Crippen LogP contribution < -0.4 is 14.4 Å². The largest absolute Gasteiger partial charge is 0.493 e. The van der Waals surface area contributed by atoms with Crippen LogP contribution in [0.4, 0.5) is 10.5 Å². The van der Waals surface area contributed by atoms with Gasteiger partial charge in [-0.25, -0.2) is 9.69 Å². The zero-order valence-electron chi connectivity index (χ0n) is 20.0. The van der Waals surface area contributed by atoms with E-state index in [4.69, 9.17) is 18.9 Å². The van der Waals surface area contributed by atoms with Gasteiger partial charge in [0.2, 0.25) is 5.91 Å². The molecule has 3 rings (SSSR count). The number of ether oxygens (including phenoxy) is 4. The molecule has 1 aliphatic heterocycles. The molecule has 0 N–H and O–H groups in total. The quantitative estimate of drug-likeness (QED) is 0.513. The van der Waals surface area contributed by atoms with Crippen LogP contribution in [0.3, 0.4) is 0 Å². The summed E-state index contributed by atoms with van der Waals surface area (Å²) in [6.07, 6.45) is -0.643. The maximum Gasteiger partial charge on any atom is 0.421 e. The molecular formula is C24H31NO7. The number of hydrogen-bond acceptors (Lipinski definition) is 7. The van der Waals surface area contributed by atoms with Crippen LogP contribution in [0.2, 0.25) is 0 Å². The van der Waals surface area contributed by atoms with E-state index in [2.05, 4.69) is 6.58 Å². The standard InChI is InChI=1S/C24H31NO7/c1-13-12-24(23(5,6)16(13)19(26)31-9)14-10-11-15(29-7)18(30-8)17(14)25(20(24)27)21(28)32-22(2,3)4/h10-11,16H,1,12H2,2-9H3. The Balaban J connectivity index is 2.33. The van der Waals surface area contributed by atoms with Crippen LogP contribution in [0.25, 0.3) is 0 Å². The molecule has 2 unspecified atom stereocenters. The molecule has 1 fully saturated rings. The summed E-state index contributed by atoms with van der Waals surface area (Å²) in [5.74, 6) is -1.09. The molecule has 0 radical (unpaired) electrons. The lowest BCUT2D eigenvalue weighted by Gasteiger charge is -2.39. The third-order valence-corrected chi connectivity index (χ3v) is 6.51. The fourth-order valence-electron chi connectivity index (χ4n) is 5.17. The Bertz CT molecular complexity index is 1000. The van der Waals surface area contributed by atoms with Crippen LogP contribution in [0.15, 0.2) is 24.3 Å². The highest BCUT2D eigenvalue weighted by Crippen LogP contribution is 2.66. The maximum absolute atomic E-state index is 14.1. The van der Waals surface area contributed by atoms with Gasteiger partial charge in [-0.2, -0.15) is 0 Å². The molecule has 1 saturated carbocycles. The van der Waals surface area contributed by atoms with Crippen LogP contribution >= 0.6 is 0 Å². The van der Waals surface area contributed by atoms with E-state index in [-0.39, 0.29) is 17.9 Å². The zero-order chi connectivity index (χ0) is 24.2. The SMILES string of the molecule is C=C1CC2(C(=O)N(C(=O)OC(C)(C)C)c3c2ccc(OC)c3OC)C(C)(C)C1C(=O)OC. The van der Waals surface area contributed by atoms with E-state index in [0.717, 1.165) is 4.90 Å². The van der Waals surface area contributed by atoms with Gasteiger partial charge in [-0.3, -0.25) is 9.59 Å². The molecule has 1 aromatic rings. The Morgan fingerprint density at radius 1 is 1.12 bits per heavy atom. The molecule has 1 spiro atoms. The number of carbonyl (C=O) groups is 3. The van der Waals surface area contributed by atoms with Gasteiger partial charge in [0.05, 0.1) is 32.7 Å². The average Bonchev–Trinajstić information content (AvgIpc) is 3.07. The van der Waals surface area contributed by atoms with Gasteiger partial charge in [-0.15, -0.1) is 0 Å². The molecular weight excluding hydrogens is 414 g/mol. The number of carbonyl (C=O) groups excluding carboxylic acids is 3. The van der Waals surface area contributed by atoms with E-state index in [0.29, 0.717) is 16.9 Å². The molecule has 2 aliphatic rings. The minimum atomic E-state index is -1.24. The van der Waals surface area contributed by atoms with Crippen molar-refractivity contribution in [1.29, 1.82) is 0 Å².